The molecule has 4 aromatic rings. The average Bonchev–Trinajstić information content (AvgIpc) is 3.27. The molecule has 37 heavy (non-hydrogen) atoms. The molecular formula is C24H19F5N6OS. The summed E-state index contributed by atoms with van der Waals surface area (Å²) in [7, 11) is 0. The number of amides is 1. The molecule has 0 saturated heterocycles. The molecule has 0 spiro atoms. The van der Waals surface area contributed by atoms with E-state index in [0.29, 0.717) is 12.6 Å². The molecule has 1 aromatic carbocycles. The van der Waals surface area contributed by atoms with Gasteiger partial charge in [-0.15, -0.1) is 11.3 Å². The maximum atomic E-state index is 14.0. The van der Waals surface area contributed by atoms with Crippen LogP contribution in [0, 0.1) is 18.6 Å². The monoisotopic (exact) mass is 534 g/mol. The molecule has 0 aliphatic carbocycles. The van der Waals surface area contributed by atoms with Gasteiger partial charge in [-0.1, -0.05) is 6.07 Å². The van der Waals surface area contributed by atoms with Crippen LogP contribution in [0.5, 0.6) is 0 Å². The first-order valence-corrected chi connectivity index (χ1v) is 11.7. The Morgan fingerprint density at radius 2 is 1.86 bits per heavy atom. The standard InChI is InChI=1S/C24H19F5N6OS/c1-13-33-18(12-37-13)4-5-31-23(36)20-8-21(32-10-14-2-3-17(25)7-19(14)26)35-22(34-20)15-6-16(11-30-9-15)24(27,28)29/h2-3,6-9,11-12H,4-5,10H2,1H3,(H,31,36)(H,32,34,35). The van der Waals surface area contributed by atoms with Crippen LogP contribution in [0.2, 0.25) is 0 Å². The number of halogens is 5. The first-order chi connectivity index (χ1) is 17.6. The van der Waals surface area contributed by atoms with E-state index in [9.17, 15) is 26.7 Å². The molecule has 0 bridgehead atoms. The fourth-order valence-electron chi connectivity index (χ4n) is 3.27. The number of thiazole rings is 1. The van der Waals surface area contributed by atoms with Crippen LogP contribution < -0.4 is 10.6 Å². The predicted octanol–water partition coefficient (Wildman–Crippen LogP) is 5.19. The number of pyridine rings is 1. The number of alkyl halides is 3. The number of aryl methyl sites for hydroxylation is 1. The van der Waals surface area contributed by atoms with Crippen molar-refractivity contribution in [3.8, 4) is 11.4 Å². The fraction of sp³-hybridized carbons (Fsp3) is 0.208. The molecule has 192 valence electrons. The second-order valence-corrected chi connectivity index (χ2v) is 8.94. The molecule has 3 heterocycles. The van der Waals surface area contributed by atoms with Gasteiger partial charge in [-0.05, 0) is 19.1 Å². The minimum absolute atomic E-state index is 0.0476. The molecule has 2 N–H and O–H groups in total. The van der Waals surface area contributed by atoms with Crippen molar-refractivity contribution in [2.75, 3.05) is 11.9 Å². The van der Waals surface area contributed by atoms with E-state index in [-0.39, 0.29) is 41.6 Å². The Labute approximate surface area is 211 Å². The van der Waals surface area contributed by atoms with Gasteiger partial charge in [0.15, 0.2) is 5.82 Å². The summed E-state index contributed by atoms with van der Waals surface area (Å²) in [6.07, 6.45) is -2.37. The van der Waals surface area contributed by atoms with Crippen LogP contribution >= 0.6 is 11.3 Å². The molecule has 0 aliphatic rings. The van der Waals surface area contributed by atoms with Crippen molar-refractivity contribution in [3.63, 3.8) is 0 Å². The van der Waals surface area contributed by atoms with Gasteiger partial charge in [-0.2, -0.15) is 13.2 Å². The SMILES string of the molecule is Cc1nc(CCNC(=O)c2cc(NCc3ccc(F)cc3F)nc(-c3cncc(C(F)(F)F)c3)n2)cs1. The number of anilines is 1. The molecule has 1 amide bonds. The zero-order chi connectivity index (χ0) is 26.6. The highest BCUT2D eigenvalue weighted by molar-refractivity contribution is 7.09. The van der Waals surface area contributed by atoms with E-state index in [2.05, 4.69) is 30.6 Å². The van der Waals surface area contributed by atoms with Crippen molar-refractivity contribution in [3.05, 3.63) is 87.3 Å². The largest absolute Gasteiger partial charge is 0.417 e. The molecule has 7 nitrogen and oxygen atoms in total. The molecule has 0 fully saturated rings. The lowest BCUT2D eigenvalue weighted by atomic mass is 10.2. The van der Waals surface area contributed by atoms with Gasteiger partial charge in [0.05, 0.1) is 16.3 Å². The molecule has 0 atom stereocenters. The van der Waals surface area contributed by atoms with Crippen LogP contribution in [-0.2, 0) is 19.1 Å². The summed E-state index contributed by atoms with van der Waals surface area (Å²) in [5.74, 6) is -2.27. The van der Waals surface area contributed by atoms with Gasteiger partial charge in [0.2, 0.25) is 0 Å². The molecule has 13 heteroatoms. The van der Waals surface area contributed by atoms with Gasteiger partial charge >= 0.3 is 6.18 Å². The first kappa shape index (κ1) is 26.1. The summed E-state index contributed by atoms with van der Waals surface area (Å²) in [6, 6.07) is 5.15. The van der Waals surface area contributed by atoms with E-state index >= 15 is 0 Å². The Balaban J connectivity index is 1.60. The third-order valence-electron chi connectivity index (χ3n) is 5.09. The second-order valence-electron chi connectivity index (χ2n) is 7.88. The number of aromatic nitrogens is 4. The summed E-state index contributed by atoms with van der Waals surface area (Å²) >= 11 is 1.48. The Morgan fingerprint density at radius 3 is 2.57 bits per heavy atom. The summed E-state index contributed by atoms with van der Waals surface area (Å²) in [5.41, 5.74) is -0.279. The van der Waals surface area contributed by atoms with Crippen LogP contribution in [0.4, 0.5) is 27.8 Å². The third-order valence-corrected chi connectivity index (χ3v) is 5.91. The topological polar surface area (TPSA) is 92.7 Å². The van der Waals surface area contributed by atoms with Gasteiger partial charge in [-0.25, -0.2) is 23.7 Å². The van der Waals surface area contributed by atoms with Gasteiger partial charge in [0.1, 0.15) is 23.1 Å². The maximum Gasteiger partial charge on any atom is 0.417 e. The zero-order valence-corrected chi connectivity index (χ0v) is 20.1. The predicted molar refractivity (Wildman–Crippen MR) is 127 cm³/mol. The number of carbonyl (C=O) groups is 1. The highest BCUT2D eigenvalue weighted by Crippen LogP contribution is 2.31. The number of rotatable bonds is 8. The lowest BCUT2D eigenvalue weighted by molar-refractivity contribution is -0.137. The van der Waals surface area contributed by atoms with E-state index in [4.69, 9.17) is 0 Å². The van der Waals surface area contributed by atoms with E-state index in [1.807, 2.05) is 12.3 Å². The number of nitrogens with zero attached hydrogens (tertiary/aromatic N) is 4. The maximum absolute atomic E-state index is 14.0. The second kappa shape index (κ2) is 10.9. The molecule has 4 rings (SSSR count). The van der Waals surface area contributed by atoms with E-state index < -0.39 is 29.3 Å². The van der Waals surface area contributed by atoms with Crippen LogP contribution in [0.25, 0.3) is 11.4 Å². The number of hydrogen-bond donors (Lipinski definition) is 2. The molecule has 3 aromatic heterocycles. The quantitative estimate of drug-likeness (QED) is 0.303. The lowest BCUT2D eigenvalue weighted by Gasteiger charge is -2.12. The summed E-state index contributed by atoms with van der Waals surface area (Å²) in [6.45, 7) is 1.98. The van der Waals surface area contributed by atoms with Gasteiger partial charge in [0.25, 0.3) is 5.91 Å². The van der Waals surface area contributed by atoms with Crippen LogP contribution in [0.1, 0.15) is 32.3 Å². The number of nitrogens with one attached hydrogen (secondary N) is 2. The summed E-state index contributed by atoms with van der Waals surface area (Å²) in [4.78, 5) is 29.1. The summed E-state index contributed by atoms with van der Waals surface area (Å²) < 4.78 is 66.9. The van der Waals surface area contributed by atoms with Crippen molar-refractivity contribution < 1.29 is 26.7 Å². The smallest absolute Gasteiger partial charge is 0.366 e. The highest BCUT2D eigenvalue weighted by Gasteiger charge is 2.31. The minimum Gasteiger partial charge on any atom is -0.366 e. The lowest BCUT2D eigenvalue weighted by Crippen LogP contribution is -2.27. The average molecular weight is 535 g/mol. The Kier molecular flexibility index (Phi) is 7.71. The van der Waals surface area contributed by atoms with Crippen molar-refractivity contribution in [1.82, 2.24) is 25.3 Å². The number of benzene rings is 1. The Bertz CT molecular complexity index is 1430. The van der Waals surface area contributed by atoms with Crippen molar-refractivity contribution in [2.45, 2.75) is 26.1 Å². The molecule has 0 unspecified atom stereocenters. The Morgan fingerprint density at radius 1 is 1.05 bits per heavy atom. The molecule has 0 radical (unpaired) electrons. The molecule has 0 saturated carbocycles. The summed E-state index contributed by atoms with van der Waals surface area (Å²) in [5, 5.41) is 8.28. The van der Waals surface area contributed by atoms with Crippen LogP contribution in [0.3, 0.4) is 0 Å². The van der Waals surface area contributed by atoms with Crippen molar-refractivity contribution >= 4 is 23.1 Å². The van der Waals surface area contributed by atoms with Gasteiger partial charge < -0.3 is 10.6 Å². The molecule has 0 aliphatic heterocycles. The highest BCUT2D eigenvalue weighted by atomic mass is 32.1. The van der Waals surface area contributed by atoms with E-state index in [1.165, 1.54) is 23.5 Å². The van der Waals surface area contributed by atoms with Gasteiger partial charge in [-0.3, -0.25) is 9.78 Å². The van der Waals surface area contributed by atoms with E-state index in [1.54, 1.807) is 0 Å². The third kappa shape index (κ3) is 6.82. The first-order valence-electron chi connectivity index (χ1n) is 10.9. The number of hydrogen-bond acceptors (Lipinski definition) is 7. The van der Waals surface area contributed by atoms with Crippen molar-refractivity contribution in [2.24, 2.45) is 0 Å². The van der Waals surface area contributed by atoms with Crippen LogP contribution in [0.15, 0.2) is 48.1 Å². The molecular weight excluding hydrogens is 515 g/mol. The zero-order valence-electron chi connectivity index (χ0n) is 19.2. The number of carbonyl (C=O) groups excluding carboxylic acids is 1. The van der Waals surface area contributed by atoms with Crippen LogP contribution in [-0.4, -0.2) is 32.4 Å². The minimum atomic E-state index is -4.65. The van der Waals surface area contributed by atoms with Crippen molar-refractivity contribution in [1.29, 1.82) is 0 Å². The van der Waals surface area contributed by atoms with Gasteiger partial charge in [0, 0.05) is 60.5 Å². The Hall–Kier alpha value is -4.00. The fourth-order valence-corrected chi connectivity index (χ4v) is 3.92. The van der Waals surface area contributed by atoms with E-state index in [0.717, 1.165) is 35.1 Å². The normalized spacial score (nSPS) is 11.4.